The first kappa shape index (κ1) is 77.4. The van der Waals surface area contributed by atoms with Crippen molar-refractivity contribution in [3.8, 4) is 0 Å². The minimum Gasteiger partial charge on any atom is -0.302 e. The molecule has 0 aliphatic heterocycles. The molecule has 0 fully saturated rings. The van der Waals surface area contributed by atoms with Gasteiger partial charge in [-0.1, -0.05) is 235 Å². The van der Waals surface area contributed by atoms with E-state index >= 15 is 0 Å². The molecule has 0 heterocycles. The third kappa shape index (κ3) is 46.8. The summed E-state index contributed by atoms with van der Waals surface area (Å²) in [6.45, 7) is 27.0. The molecule has 0 saturated heterocycles. The quantitative estimate of drug-likeness (QED) is 0.0411. The SMILES string of the molecule is CCC/C(=C/CC/C(=C\CC/C(=C\CC/C(=C\COP(=O)(O)OP(=O)(O)O)CCC)CCC)CCC)CC/C=C(/CCC)CC/C=C(/CCC)CC/C=C(/CCC)CC/C=C(/CCC)CC/C=C(\C)CC/C=C(\C)CCC=C(C)C. The standard InChI is InChI=1S/C71H124O7P2/c1-13-31-64(44-23-43-63(12)42-22-41-62(11)40-21-39-61(9)10)45-24-46-65(32-14-2)47-25-48-66(33-15-3)49-26-50-67(34-16-4)51-27-52-68(35-17-5)53-28-54-69(36-18-6)55-29-56-70(37-19-7)57-30-58-71(38-20-8)59-60-77-80(75,76)78-79(72,73)74/h39,41,43,45,47,49,51,53,55,57,59H,13-38,40,42,44,46,48,50,52,54,56,58,60H2,1-12H3,(H,75,76)(H2,72,73,74)/b62-41+,63-43+,64-45-,65-47-,66-49-,67-51-,68-53-,69-55-,70-57-,71-59-. The molecule has 9 heteroatoms. The van der Waals surface area contributed by atoms with E-state index in [0.29, 0.717) is 0 Å². The minimum atomic E-state index is -5.14. The lowest BCUT2D eigenvalue weighted by atomic mass is 9.96. The Labute approximate surface area is 494 Å². The predicted octanol–water partition coefficient (Wildman–Crippen LogP) is 24.7. The first-order valence-electron chi connectivity index (χ1n) is 32.5. The summed E-state index contributed by atoms with van der Waals surface area (Å²) in [5.41, 5.74) is 16.9. The molecule has 1 atom stereocenters. The van der Waals surface area contributed by atoms with Gasteiger partial charge >= 0.3 is 15.6 Å². The fourth-order valence-electron chi connectivity index (χ4n) is 10.7. The topological polar surface area (TPSA) is 113 Å². The van der Waals surface area contributed by atoms with Crippen LogP contribution in [-0.2, 0) is 18.0 Å². The van der Waals surface area contributed by atoms with Crippen molar-refractivity contribution in [1.82, 2.24) is 0 Å². The Hall–Kier alpha value is -2.60. The molecule has 0 spiro atoms. The Bertz CT molecular complexity index is 2080. The predicted molar refractivity (Wildman–Crippen MR) is 352 cm³/mol. The van der Waals surface area contributed by atoms with E-state index in [0.717, 1.165) is 108 Å². The maximum absolute atomic E-state index is 11.9. The number of hydrogen-bond acceptors (Lipinski definition) is 4. The van der Waals surface area contributed by atoms with Crippen molar-refractivity contribution in [3.05, 3.63) is 128 Å². The summed E-state index contributed by atoms with van der Waals surface area (Å²) in [6, 6.07) is 0. The smallest absolute Gasteiger partial charge is 0.302 e. The van der Waals surface area contributed by atoms with Crippen molar-refractivity contribution < 1.29 is 32.6 Å². The normalized spacial score (nSPS) is 15.1. The molecule has 80 heavy (non-hydrogen) atoms. The van der Waals surface area contributed by atoms with Crippen molar-refractivity contribution in [2.75, 3.05) is 6.61 Å². The Morgan fingerprint density at radius 2 is 0.512 bits per heavy atom. The summed E-state index contributed by atoms with van der Waals surface area (Å²) in [6.07, 6.45) is 67.7. The molecule has 460 valence electrons. The maximum Gasteiger partial charge on any atom is 0.481 e. The van der Waals surface area contributed by atoms with Gasteiger partial charge in [0.2, 0.25) is 0 Å². The Kier molecular flexibility index (Phi) is 49.2. The van der Waals surface area contributed by atoms with E-state index in [1.165, 1.54) is 151 Å². The molecule has 0 amide bonds. The Balaban J connectivity index is 5.46. The minimum absolute atomic E-state index is 0.252. The number of phosphoric acid groups is 2. The Morgan fingerprint density at radius 3 is 0.738 bits per heavy atom. The number of rotatable bonds is 51. The van der Waals surface area contributed by atoms with Crippen molar-refractivity contribution >= 4 is 15.6 Å². The van der Waals surface area contributed by atoms with Crippen LogP contribution in [0.15, 0.2) is 128 Å². The molecule has 1 unspecified atom stereocenters. The van der Waals surface area contributed by atoms with Crippen LogP contribution in [0.4, 0.5) is 0 Å². The average Bonchev–Trinajstić information content (AvgIpc) is 3.37. The highest BCUT2D eigenvalue weighted by Crippen LogP contribution is 2.57. The third-order valence-electron chi connectivity index (χ3n) is 14.8. The van der Waals surface area contributed by atoms with Crippen molar-refractivity contribution in [3.63, 3.8) is 0 Å². The van der Waals surface area contributed by atoms with Gasteiger partial charge in [0.15, 0.2) is 0 Å². The zero-order valence-corrected chi connectivity index (χ0v) is 55.7. The van der Waals surface area contributed by atoms with Gasteiger partial charge < -0.3 is 14.7 Å². The number of allylic oxidation sites excluding steroid dienone is 21. The molecule has 0 aliphatic rings. The van der Waals surface area contributed by atoms with Crippen LogP contribution in [-0.4, -0.2) is 21.3 Å². The molecule has 0 radical (unpaired) electrons. The largest absolute Gasteiger partial charge is 0.481 e. The first-order valence-corrected chi connectivity index (χ1v) is 35.5. The summed E-state index contributed by atoms with van der Waals surface area (Å²) in [4.78, 5) is 27.4. The van der Waals surface area contributed by atoms with Gasteiger partial charge in [0.05, 0.1) is 6.61 Å². The number of phosphoric ester groups is 1. The fourth-order valence-corrected chi connectivity index (χ4v) is 12.2. The lowest BCUT2D eigenvalue weighted by Gasteiger charge is -2.12. The van der Waals surface area contributed by atoms with Gasteiger partial charge in [-0.2, -0.15) is 4.31 Å². The fraction of sp³-hybridized carbons (Fsp3) is 0.690. The van der Waals surface area contributed by atoms with Crippen LogP contribution in [0, 0.1) is 0 Å². The zero-order valence-electron chi connectivity index (χ0n) is 53.9. The van der Waals surface area contributed by atoms with Crippen LogP contribution in [0.25, 0.3) is 0 Å². The van der Waals surface area contributed by atoms with Crippen LogP contribution in [0.5, 0.6) is 0 Å². The molecule has 0 aromatic heterocycles. The van der Waals surface area contributed by atoms with Crippen LogP contribution in [0.1, 0.15) is 314 Å². The van der Waals surface area contributed by atoms with Crippen LogP contribution < -0.4 is 0 Å². The second kappa shape index (κ2) is 50.9. The molecule has 3 N–H and O–H groups in total. The van der Waals surface area contributed by atoms with Gasteiger partial charge in [0.1, 0.15) is 0 Å². The average molecular weight is 1150 g/mol. The summed E-state index contributed by atoms with van der Waals surface area (Å²) in [7, 11) is -9.99. The lowest BCUT2D eigenvalue weighted by Crippen LogP contribution is -1.95. The third-order valence-corrected chi connectivity index (χ3v) is 16.9. The van der Waals surface area contributed by atoms with Crippen molar-refractivity contribution in [2.24, 2.45) is 0 Å². The maximum atomic E-state index is 11.9. The molecule has 0 aromatic carbocycles. The molecule has 0 saturated carbocycles. The summed E-state index contributed by atoms with van der Waals surface area (Å²) in [5, 5.41) is 0. The van der Waals surface area contributed by atoms with Crippen LogP contribution in [0.2, 0.25) is 0 Å². The summed E-state index contributed by atoms with van der Waals surface area (Å²) in [5.74, 6) is 0. The molecule has 7 nitrogen and oxygen atoms in total. The van der Waals surface area contributed by atoms with E-state index in [-0.39, 0.29) is 6.61 Å². The zero-order chi connectivity index (χ0) is 59.7. The van der Waals surface area contributed by atoms with E-state index in [9.17, 15) is 14.0 Å². The summed E-state index contributed by atoms with van der Waals surface area (Å²) >= 11 is 0. The first-order chi connectivity index (χ1) is 38.4. The summed E-state index contributed by atoms with van der Waals surface area (Å²) < 4.78 is 31.6. The Morgan fingerprint density at radius 1 is 0.300 bits per heavy atom. The van der Waals surface area contributed by atoms with E-state index < -0.39 is 15.6 Å². The molecular weight excluding hydrogens is 1030 g/mol. The van der Waals surface area contributed by atoms with Crippen molar-refractivity contribution in [2.45, 2.75) is 314 Å². The molecule has 0 rings (SSSR count). The highest BCUT2D eigenvalue weighted by atomic mass is 31.3. The molecule has 0 aromatic rings. The molecular formula is C71H124O7P2. The van der Waals surface area contributed by atoms with E-state index in [4.69, 9.17) is 14.3 Å². The highest BCUT2D eigenvalue weighted by Gasteiger charge is 2.32. The van der Waals surface area contributed by atoms with Gasteiger partial charge in [-0.05, 0) is 207 Å². The monoisotopic (exact) mass is 1150 g/mol. The second-order valence-electron chi connectivity index (χ2n) is 23.0. The second-order valence-corrected chi connectivity index (χ2v) is 25.8. The van der Waals surface area contributed by atoms with Gasteiger partial charge in [-0.3, -0.25) is 4.52 Å². The molecule has 0 aliphatic carbocycles. The van der Waals surface area contributed by atoms with Crippen LogP contribution >= 0.6 is 15.6 Å². The van der Waals surface area contributed by atoms with E-state index in [1.807, 2.05) is 0 Å². The highest BCUT2D eigenvalue weighted by molar-refractivity contribution is 7.60. The van der Waals surface area contributed by atoms with Crippen molar-refractivity contribution in [1.29, 1.82) is 0 Å². The van der Waals surface area contributed by atoms with Gasteiger partial charge in [0, 0.05) is 0 Å². The van der Waals surface area contributed by atoms with E-state index in [1.54, 1.807) is 39.5 Å². The van der Waals surface area contributed by atoms with Gasteiger partial charge in [-0.15, -0.1) is 0 Å². The molecule has 0 bridgehead atoms. The van der Waals surface area contributed by atoms with E-state index in [2.05, 4.69) is 148 Å². The van der Waals surface area contributed by atoms with Crippen LogP contribution in [0.3, 0.4) is 0 Å². The van der Waals surface area contributed by atoms with Gasteiger partial charge in [-0.25, -0.2) is 9.13 Å². The number of hydrogen-bond donors (Lipinski definition) is 3. The lowest BCUT2D eigenvalue weighted by molar-refractivity contribution is 0.191. The van der Waals surface area contributed by atoms with Gasteiger partial charge in [0.25, 0.3) is 0 Å².